The predicted octanol–water partition coefficient (Wildman–Crippen LogP) is 3.73. The average Bonchev–Trinajstić information content (AvgIpc) is 3.14. The fraction of sp³-hybridized carbons (Fsp3) is 0.536. The van der Waals surface area contributed by atoms with Gasteiger partial charge in [-0.25, -0.2) is 9.18 Å². The summed E-state index contributed by atoms with van der Waals surface area (Å²) in [5.74, 6) is -2.62. The normalized spacial score (nSPS) is 43.2. The van der Waals surface area contributed by atoms with Crippen molar-refractivity contribution in [3.05, 3.63) is 59.7 Å². The maximum Gasteiger partial charge on any atom is 0.339 e. The summed E-state index contributed by atoms with van der Waals surface area (Å²) in [4.78, 5) is 37.2. The number of benzene rings is 1. The van der Waals surface area contributed by atoms with Gasteiger partial charge in [0.25, 0.3) is 0 Å². The van der Waals surface area contributed by atoms with Gasteiger partial charge in [0, 0.05) is 10.8 Å². The molecule has 4 aliphatic carbocycles. The summed E-state index contributed by atoms with van der Waals surface area (Å²) < 4.78 is 21.6. The van der Waals surface area contributed by atoms with E-state index in [9.17, 15) is 24.6 Å². The highest BCUT2D eigenvalue weighted by Crippen LogP contribution is 2.71. The van der Waals surface area contributed by atoms with E-state index in [1.165, 1.54) is 12.2 Å². The van der Waals surface area contributed by atoms with Crippen LogP contribution in [-0.4, -0.2) is 57.1 Å². The van der Waals surface area contributed by atoms with E-state index in [1.807, 2.05) is 0 Å². The van der Waals surface area contributed by atoms with Gasteiger partial charge in [-0.05, 0) is 67.4 Å². The number of aliphatic hydroxyl groups is 2. The van der Waals surface area contributed by atoms with Crippen LogP contribution in [0.2, 0.25) is 0 Å². The summed E-state index contributed by atoms with van der Waals surface area (Å²) in [6, 6.07) is 8.27. The van der Waals surface area contributed by atoms with Crippen molar-refractivity contribution in [2.24, 2.45) is 22.7 Å². The van der Waals surface area contributed by atoms with Gasteiger partial charge in [0.1, 0.15) is 12.8 Å². The summed E-state index contributed by atoms with van der Waals surface area (Å²) in [7, 11) is 0. The maximum atomic E-state index is 15.6. The highest BCUT2D eigenvalue weighted by molar-refractivity contribution is 6.26. The Morgan fingerprint density at radius 2 is 1.89 bits per heavy atom. The minimum Gasteiger partial charge on any atom is -0.447 e. The second kappa shape index (κ2) is 8.33. The molecule has 5 rings (SSSR count). The molecule has 0 spiro atoms. The van der Waals surface area contributed by atoms with Gasteiger partial charge in [0.05, 0.1) is 16.5 Å². The molecule has 6 nitrogen and oxygen atoms in total. The molecule has 2 N–H and O–H groups in total. The highest BCUT2D eigenvalue weighted by Gasteiger charge is 2.75. The number of ether oxygens (including phenoxy) is 1. The molecule has 192 valence electrons. The number of ketones is 2. The lowest BCUT2D eigenvalue weighted by Crippen LogP contribution is -2.70. The number of Topliss-reactive ketones (excluding diaryl/α,β-unsaturated/α-hetero) is 1. The van der Waals surface area contributed by atoms with Crippen molar-refractivity contribution < 1.29 is 33.7 Å². The van der Waals surface area contributed by atoms with Crippen molar-refractivity contribution in [1.29, 1.82) is 0 Å². The molecule has 1 unspecified atom stereocenters. The molecule has 3 saturated carbocycles. The van der Waals surface area contributed by atoms with Crippen LogP contribution in [0.5, 0.6) is 0 Å². The molecular weight excluding hydrogens is 487 g/mol. The van der Waals surface area contributed by atoms with Crippen LogP contribution in [0.3, 0.4) is 0 Å². The zero-order valence-corrected chi connectivity index (χ0v) is 21.0. The third-order valence-electron chi connectivity index (χ3n) is 9.62. The van der Waals surface area contributed by atoms with Crippen LogP contribution in [0.25, 0.3) is 0 Å². The number of carbonyl (C=O) groups excluding carboxylic acids is 3. The number of rotatable bonds is 4. The molecule has 8 heteroatoms. The number of esters is 1. The Kier molecular flexibility index (Phi) is 5.86. The molecule has 0 amide bonds. The van der Waals surface area contributed by atoms with Crippen LogP contribution in [0, 0.1) is 22.7 Å². The number of carbonyl (C=O) groups is 3. The standard InChI is InChI=1S/C28H30ClFO6/c1-25-10-8-17(32)12-20(25)21(30)13-19-18-9-11-27(23(34)15-31,26(18,2)14-22(33)28(19,25)29)36-24(35)16-6-4-3-5-7-16/h3-8,10,12,18-19,21-22,31,33H,9,11,13-15H2,1-2H3/t18-,19-,21-,22?,25-,26-,27-,28-/m0/s1. The van der Waals surface area contributed by atoms with Crippen molar-refractivity contribution in [3.8, 4) is 0 Å². The van der Waals surface area contributed by atoms with E-state index >= 15 is 4.39 Å². The fourth-order valence-electron chi connectivity index (χ4n) is 7.79. The Morgan fingerprint density at radius 1 is 1.19 bits per heavy atom. The predicted molar refractivity (Wildman–Crippen MR) is 130 cm³/mol. The Labute approximate surface area is 214 Å². The van der Waals surface area contributed by atoms with E-state index in [-0.39, 0.29) is 42.1 Å². The lowest BCUT2D eigenvalue weighted by atomic mass is 9.45. The second-order valence-electron chi connectivity index (χ2n) is 11.1. The summed E-state index contributed by atoms with van der Waals surface area (Å²) in [6.45, 7) is 2.69. The number of aliphatic hydroxyl groups excluding tert-OH is 2. The van der Waals surface area contributed by atoms with Crippen LogP contribution < -0.4 is 0 Å². The third-order valence-corrected chi connectivity index (χ3v) is 10.5. The number of hydrogen-bond donors (Lipinski definition) is 2. The molecule has 0 bridgehead atoms. The molecule has 0 aromatic heterocycles. The molecule has 1 aromatic carbocycles. The SMILES string of the molecule is C[C@]12C=CC(=O)C=C1[C@@H](F)C[C@H]1[C@@H]3CC[C@](OC(=O)c4ccccc4)(C(=O)CO)[C@@]3(C)CC(O)[C@@]12Cl. The number of fused-ring (bicyclic) bond motifs is 5. The van der Waals surface area contributed by atoms with Crippen molar-refractivity contribution >= 4 is 29.1 Å². The first kappa shape index (κ1) is 25.3. The molecule has 1 aromatic rings. The first-order valence-corrected chi connectivity index (χ1v) is 12.7. The Hall–Kier alpha value is -2.35. The lowest BCUT2D eigenvalue weighted by Gasteiger charge is -2.64. The highest BCUT2D eigenvalue weighted by atomic mass is 35.5. The largest absolute Gasteiger partial charge is 0.447 e. The van der Waals surface area contributed by atoms with Gasteiger partial charge in [0.2, 0.25) is 5.78 Å². The molecule has 0 saturated heterocycles. The zero-order chi connectivity index (χ0) is 26.1. The Bertz CT molecular complexity index is 1180. The van der Waals surface area contributed by atoms with Crippen molar-refractivity contribution in [2.75, 3.05) is 6.61 Å². The number of hydrogen-bond acceptors (Lipinski definition) is 6. The monoisotopic (exact) mass is 516 g/mol. The number of alkyl halides is 2. The first-order valence-electron chi connectivity index (χ1n) is 12.3. The second-order valence-corrected chi connectivity index (χ2v) is 11.7. The maximum absolute atomic E-state index is 15.6. The molecule has 36 heavy (non-hydrogen) atoms. The van der Waals surface area contributed by atoms with Gasteiger partial charge in [-0.2, -0.15) is 0 Å². The van der Waals surface area contributed by atoms with E-state index in [0.29, 0.717) is 6.42 Å². The lowest BCUT2D eigenvalue weighted by molar-refractivity contribution is -0.177. The molecule has 0 aliphatic heterocycles. The van der Waals surface area contributed by atoms with E-state index in [0.717, 1.165) is 0 Å². The number of halogens is 2. The summed E-state index contributed by atoms with van der Waals surface area (Å²) >= 11 is 7.33. The van der Waals surface area contributed by atoms with Gasteiger partial charge in [-0.15, -0.1) is 11.6 Å². The average molecular weight is 517 g/mol. The van der Waals surface area contributed by atoms with Crippen molar-refractivity contribution in [1.82, 2.24) is 0 Å². The van der Waals surface area contributed by atoms with Crippen LogP contribution in [0.15, 0.2) is 54.1 Å². The molecular formula is C28H30ClFO6. The Morgan fingerprint density at radius 3 is 2.56 bits per heavy atom. The zero-order valence-electron chi connectivity index (χ0n) is 20.2. The van der Waals surface area contributed by atoms with Crippen molar-refractivity contribution in [3.63, 3.8) is 0 Å². The topological polar surface area (TPSA) is 101 Å². The fourth-order valence-corrected chi connectivity index (χ4v) is 8.28. The molecule has 0 radical (unpaired) electrons. The Balaban J connectivity index is 1.59. The minimum absolute atomic E-state index is 0.00703. The van der Waals surface area contributed by atoms with Gasteiger partial charge in [0.15, 0.2) is 11.4 Å². The van der Waals surface area contributed by atoms with E-state index < -0.39 is 57.9 Å². The molecule has 0 heterocycles. The first-order chi connectivity index (χ1) is 16.9. The number of allylic oxidation sites excluding steroid dienone is 4. The molecule has 8 atom stereocenters. The van der Waals surface area contributed by atoms with Gasteiger partial charge in [-0.1, -0.05) is 38.1 Å². The van der Waals surface area contributed by atoms with Crippen LogP contribution in [-0.2, 0) is 14.3 Å². The van der Waals surface area contributed by atoms with Gasteiger partial charge < -0.3 is 14.9 Å². The van der Waals surface area contributed by atoms with Crippen LogP contribution in [0.4, 0.5) is 4.39 Å². The summed E-state index contributed by atoms with van der Waals surface area (Å²) in [5.41, 5.74) is -3.38. The smallest absolute Gasteiger partial charge is 0.339 e. The quantitative estimate of drug-likeness (QED) is 0.467. The van der Waals surface area contributed by atoms with Crippen molar-refractivity contribution in [2.45, 2.75) is 62.3 Å². The van der Waals surface area contributed by atoms with E-state index in [2.05, 4.69) is 0 Å². The third kappa shape index (κ3) is 3.12. The minimum atomic E-state index is -1.69. The van der Waals surface area contributed by atoms with E-state index in [1.54, 1.807) is 50.3 Å². The molecule has 3 fully saturated rings. The van der Waals surface area contributed by atoms with Gasteiger partial charge in [-0.3, -0.25) is 9.59 Å². The van der Waals surface area contributed by atoms with Crippen LogP contribution in [0.1, 0.15) is 49.9 Å². The summed E-state index contributed by atoms with van der Waals surface area (Å²) in [5, 5.41) is 21.6. The van der Waals surface area contributed by atoms with Crippen LogP contribution >= 0.6 is 11.6 Å². The van der Waals surface area contributed by atoms with Gasteiger partial charge >= 0.3 is 5.97 Å². The van der Waals surface area contributed by atoms with E-state index in [4.69, 9.17) is 16.3 Å². The molecule has 4 aliphatic rings. The summed E-state index contributed by atoms with van der Waals surface area (Å²) in [6.07, 6.45) is 2.09.